The number of amides is 1. The van der Waals surface area contributed by atoms with E-state index in [2.05, 4.69) is 15.6 Å². The van der Waals surface area contributed by atoms with Crippen LogP contribution in [-0.4, -0.2) is 18.0 Å². The van der Waals surface area contributed by atoms with Gasteiger partial charge < -0.3 is 19.8 Å². The van der Waals surface area contributed by atoms with Gasteiger partial charge in [0.1, 0.15) is 17.2 Å². The Labute approximate surface area is 139 Å². The lowest BCUT2D eigenvalue weighted by molar-refractivity contribution is 0.0943. The minimum absolute atomic E-state index is 0.254. The maximum absolute atomic E-state index is 12.1. The van der Waals surface area contributed by atoms with Gasteiger partial charge in [0, 0.05) is 0 Å². The van der Waals surface area contributed by atoms with Gasteiger partial charge in [-0.3, -0.25) is 4.79 Å². The van der Waals surface area contributed by atoms with Gasteiger partial charge in [-0.1, -0.05) is 12.1 Å². The highest BCUT2D eigenvalue weighted by atomic mass is 16.5. The first kappa shape index (κ1) is 15.6. The summed E-state index contributed by atoms with van der Waals surface area (Å²) in [4.78, 5) is 16.2. The largest absolute Gasteiger partial charge is 0.495 e. The van der Waals surface area contributed by atoms with E-state index < -0.39 is 0 Å². The fourth-order valence-electron chi connectivity index (χ4n) is 2.18. The molecule has 24 heavy (non-hydrogen) atoms. The van der Waals surface area contributed by atoms with E-state index >= 15 is 0 Å². The van der Waals surface area contributed by atoms with E-state index in [1.807, 2.05) is 24.3 Å². The molecule has 1 amide bonds. The molecule has 0 fully saturated rings. The van der Waals surface area contributed by atoms with Crippen molar-refractivity contribution in [2.75, 3.05) is 12.4 Å². The van der Waals surface area contributed by atoms with Gasteiger partial charge in [0.25, 0.3) is 5.91 Å². The molecule has 0 unspecified atom stereocenters. The normalized spacial score (nSPS) is 10.2. The number of ether oxygens (including phenoxy) is 1. The topological polar surface area (TPSA) is 76.4 Å². The lowest BCUT2D eigenvalue weighted by Gasteiger charge is -2.11. The molecule has 2 aromatic heterocycles. The smallest absolute Gasteiger partial charge is 0.270 e. The Balaban J connectivity index is 1.63. The molecule has 0 bridgehead atoms. The third-order valence-electron chi connectivity index (χ3n) is 3.39. The number of rotatable bonds is 6. The average molecular weight is 323 g/mol. The van der Waals surface area contributed by atoms with Crippen LogP contribution in [0.25, 0.3) is 0 Å². The number of nitrogens with one attached hydrogen (secondary N) is 2. The molecule has 0 aliphatic carbocycles. The first-order chi connectivity index (χ1) is 11.8. The molecule has 2 N–H and O–H groups in total. The van der Waals surface area contributed by atoms with Gasteiger partial charge in [-0.25, -0.2) is 4.98 Å². The Morgan fingerprint density at radius 3 is 2.75 bits per heavy atom. The Bertz CT molecular complexity index is 799. The summed E-state index contributed by atoms with van der Waals surface area (Å²) in [5.41, 5.74) is 1.94. The van der Waals surface area contributed by atoms with Crippen molar-refractivity contribution in [2.24, 2.45) is 0 Å². The van der Waals surface area contributed by atoms with Crippen LogP contribution < -0.4 is 15.4 Å². The molecule has 3 aromatic rings. The van der Waals surface area contributed by atoms with Crippen molar-refractivity contribution in [1.82, 2.24) is 10.3 Å². The van der Waals surface area contributed by atoms with Gasteiger partial charge in [-0.2, -0.15) is 0 Å². The van der Waals surface area contributed by atoms with Crippen LogP contribution in [0.1, 0.15) is 16.2 Å². The zero-order valence-electron chi connectivity index (χ0n) is 13.2. The quantitative estimate of drug-likeness (QED) is 0.727. The fraction of sp³-hybridized carbons (Fsp3) is 0.111. The second kappa shape index (κ2) is 7.32. The SMILES string of the molecule is COc1ccccc1Nc1ccc(C(=O)NCc2ccco2)nc1. The second-order valence-corrected chi connectivity index (χ2v) is 5.02. The van der Waals surface area contributed by atoms with Crippen molar-refractivity contribution < 1.29 is 13.9 Å². The minimum Gasteiger partial charge on any atom is -0.495 e. The summed E-state index contributed by atoms with van der Waals surface area (Å²) in [5.74, 6) is 1.17. The maximum Gasteiger partial charge on any atom is 0.270 e. The summed E-state index contributed by atoms with van der Waals surface area (Å²) < 4.78 is 10.5. The number of furan rings is 1. The predicted octanol–water partition coefficient (Wildman–Crippen LogP) is 3.36. The second-order valence-electron chi connectivity index (χ2n) is 5.02. The number of carbonyl (C=O) groups excluding carboxylic acids is 1. The van der Waals surface area contributed by atoms with Crippen molar-refractivity contribution in [3.05, 3.63) is 72.4 Å². The van der Waals surface area contributed by atoms with Crippen LogP contribution in [-0.2, 0) is 6.54 Å². The molecule has 1 aromatic carbocycles. The van der Waals surface area contributed by atoms with Crippen molar-refractivity contribution in [3.63, 3.8) is 0 Å². The molecule has 0 atom stereocenters. The molecule has 0 aliphatic rings. The highest BCUT2D eigenvalue weighted by Crippen LogP contribution is 2.26. The number of hydrogen-bond donors (Lipinski definition) is 2. The van der Waals surface area contributed by atoms with Crippen molar-refractivity contribution in [1.29, 1.82) is 0 Å². The van der Waals surface area contributed by atoms with Gasteiger partial charge >= 0.3 is 0 Å². The van der Waals surface area contributed by atoms with Crippen LogP contribution >= 0.6 is 0 Å². The number of methoxy groups -OCH3 is 1. The summed E-state index contributed by atoms with van der Waals surface area (Å²) in [7, 11) is 1.62. The van der Waals surface area contributed by atoms with Gasteiger partial charge in [0.15, 0.2) is 0 Å². The number of nitrogens with zero attached hydrogens (tertiary/aromatic N) is 1. The van der Waals surface area contributed by atoms with Crippen LogP contribution in [0.3, 0.4) is 0 Å². The molecule has 3 rings (SSSR count). The van der Waals surface area contributed by atoms with Crippen LogP contribution in [0.4, 0.5) is 11.4 Å². The Morgan fingerprint density at radius 1 is 1.17 bits per heavy atom. The van der Waals surface area contributed by atoms with Crippen molar-refractivity contribution in [2.45, 2.75) is 6.54 Å². The standard InChI is InChI=1S/C18H17N3O3/c1-23-17-7-3-2-6-15(17)21-13-8-9-16(19-11-13)18(22)20-12-14-5-4-10-24-14/h2-11,21H,12H2,1H3,(H,20,22). The number of para-hydroxylation sites is 2. The molecule has 0 spiro atoms. The molecule has 0 radical (unpaired) electrons. The number of carbonyl (C=O) groups is 1. The van der Waals surface area contributed by atoms with Crippen molar-refractivity contribution >= 4 is 17.3 Å². The predicted molar refractivity (Wildman–Crippen MR) is 90.4 cm³/mol. The Kier molecular flexibility index (Phi) is 4.76. The third kappa shape index (κ3) is 3.73. The van der Waals surface area contributed by atoms with Gasteiger partial charge in [-0.05, 0) is 36.4 Å². The molecule has 0 saturated heterocycles. The summed E-state index contributed by atoms with van der Waals surface area (Å²) in [5, 5.41) is 5.96. The molecule has 0 aliphatic heterocycles. The summed E-state index contributed by atoms with van der Waals surface area (Å²) in [6, 6.07) is 14.6. The molecular weight excluding hydrogens is 306 g/mol. The van der Waals surface area contributed by atoms with Crippen LogP contribution in [0.2, 0.25) is 0 Å². The lowest BCUT2D eigenvalue weighted by Crippen LogP contribution is -2.23. The molecule has 122 valence electrons. The monoisotopic (exact) mass is 323 g/mol. The third-order valence-corrected chi connectivity index (χ3v) is 3.39. The van der Waals surface area contributed by atoms with Gasteiger partial charge in [-0.15, -0.1) is 0 Å². The summed E-state index contributed by atoms with van der Waals surface area (Å²) in [6.45, 7) is 0.328. The molecule has 6 nitrogen and oxygen atoms in total. The van der Waals surface area contributed by atoms with E-state index in [0.29, 0.717) is 18.0 Å². The number of pyridine rings is 1. The summed E-state index contributed by atoms with van der Waals surface area (Å²) >= 11 is 0. The zero-order chi connectivity index (χ0) is 16.8. The minimum atomic E-state index is -0.254. The number of hydrogen-bond acceptors (Lipinski definition) is 5. The van der Waals surface area contributed by atoms with E-state index in [1.54, 1.807) is 43.8 Å². The van der Waals surface area contributed by atoms with E-state index in [-0.39, 0.29) is 5.91 Å². The molecule has 2 heterocycles. The van der Waals surface area contributed by atoms with Crippen LogP contribution in [0, 0.1) is 0 Å². The molecule has 6 heteroatoms. The average Bonchev–Trinajstić information content (AvgIpc) is 3.14. The lowest BCUT2D eigenvalue weighted by atomic mass is 10.2. The number of aromatic nitrogens is 1. The molecular formula is C18H17N3O3. The van der Waals surface area contributed by atoms with Gasteiger partial charge in [0.05, 0.1) is 37.5 Å². The first-order valence-corrected chi connectivity index (χ1v) is 7.43. The molecule has 0 saturated carbocycles. The van der Waals surface area contributed by atoms with Crippen LogP contribution in [0.5, 0.6) is 5.75 Å². The highest BCUT2D eigenvalue weighted by molar-refractivity contribution is 5.92. The Hall–Kier alpha value is -3.28. The van der Waals surface area contributed by atoms with Gasteiger partial charge in [0.2, 0.25) is 0 Å². The zero-order valence-corrected chi connectivity index (χ0v) is 13.2. The highest BCUT2D eigenvalue weighted by Gasteiger charge is 2.08. The number of anilines is 2. The van der Waals surface area contributed by atoms with E-state index in [1.165, 1.54) is 0 Å². The Morgan fingerprint density at radius 2 is 2.04 bits per heavy atom. The fourth-order valence-corrected chi connectivity index (χ4v) is 2.18. The summed E-state index contributed by atoms with van der Waals surface area (Å²) in [6.07, 6.45) is 3.17. The van der Waals surface area contributed by atoms with Crippen LogP contribution in [0.15, 0.2) is 65.4 Å². The van der Waals surface area contributed by atoms with E-state index in [4.69, 9.17) is 9.15 Å². The van der Waals surface area contributed by atoms with Crippen molar-refractivity contribution in [3.8, 4) is 5.75 Å². The first-order valence-electron chi connectivity index (χ1n) is 7.43. The van der Waals surface area contributed by atoms with E-state index in [0.717, 1.165) is 17.1 Å². The number of benzene rings is 1. The maximum atomic E-state index is 12.1. The van der Waals surface area contributed by atoms with E-state index in [9.17, 15) is 4.79 Å².